The Hall–Kier alpha value is -2.20. The van der Waals surface area contributed by atoms with Crippen molar-refractivity contribution in [2.24, 2.45) is 0 Å². The lowest BCUT2D eigenvalue weighted by molar-refractivity contribution is -0.120. The van der Waals surface area contributed by atoms with E-state index < -0.39 is 0 Å². The molecular weight excluding hydrogens is 303 g/mol. The summed E-state index contributed by atoms with van der Waals surface area (Å²) in [5.41, 5.74) is 2.01. The van der Waals surface area contributed by atoms with Crippen LogP contribution in [0.3, 0.4) is 0 Å². The molecule has 0 aliphatic heterocycles. The Bertz CT molecular complexity index is 624. The minimum atomic E-state index is -0.287. The van der Waals surface area contributed by atoms with E-state index in [0.717, 1.165) is 18.7 Å². The quantitative estimate of drug-likeness (QED) is 0.803. The SMILES string of the molecule is CCN(CC)[C@@H](CNC(=O)Cc1ccc(F)cc1)c1ccccc1. The van der Waals surface area contributed by atoms with Crippen molar-refractivity contribution in [3.63, 3.8) is 0 Å². The summed E-state index contributed by atoms with van der Waals surface area (Å²) in [6.45, 7) is 6.65. The van der Waals surface area contributed by atoms with Crippen LogP contribution in [0, 0.1) is 5.82 Å². The largest absolute Gasteiger partial charge is 0.354 e. The highest BCUT2D eigenvalue weighted by Gasteiger charge is 2.18. The lowest BCUT2D eigenvalue weighted by Crippen LogP contribution is -2.38. The summed E-state index contributed by atoms with van der Waals surface area (Å²) in [5.74, 6) is -0.334. The molecule has 1 amide bonds. The van der Waals surface area contributed by atoms with Crippen molar-refractivity contribution in [1.29, 1.82) is 0 Å². The number of carbonyl (C=O) groups excluding carboxylic acids is 1. The van der Waals surface area contributed by atoms with Crippen molar-refractivity contribution >= 4 is 5.91 Å². The van der Waals surface area contributed by atoms with Gasteiger partial charge < -0.3 is 5.32 Å². The van der Waals surface area contributed by atoms with Crippen LogP contribution in [0.2, 0.25) is 0 Å². The number of amides is 1. The summed E-state index contributed by atoms with van der Waals surface area (Å²) in [6.07, 6.45) is 0.264. The molecule has 0 heterocycles. The van der Waals surface area contributed by atoms with Crippen LogP contribution in [-0.2, 0) is 11.2 Å². The zero-order valence-electron chi connectivity index (χ0n) is 14.3. The number of benzene rings is 2. The van der Waals surface area contributed by atoms with Crippen molar-refractivity contribution in [2.45, 2.75) is 26.3 Å². The van der Waals surface area contributed by atoms with Gasteiger partial charge in [-0.2, -0.15) is 0 Å². The molecule has 0 radical (unpaired) electrons. The van der Waals surface area contributed by atoms with Gasteiger partial charge in [-0.15, -0.1) is 0 Å². The van der Waals surface area contributed by atoms with E-state index in [9.17, 15) is 9.18 Å². The first-order valence-corrected chi connectivity index (χ1v) is 8.44. The second kappa shape index (κ2) is 9.18. The predicted octanol–water partition coefficient (Wildman–Crippen LogP) is 3.57. The smallest absolute Gasteiger partial charge is 0.224 e. The van der Waals surface area contributed by atoms with E-state index in [4.69, 9.17) is 0 Å². The molecule has 24 heavy (non-hydrogen) atoms. The second-order valence-electron chi connectivity index (χ2n) is 5.76. The van der Waals surface area contributed by atoms with Crippen LogP contribution in [0.1, 0.15) is 31.0 Å². The van der Waals surface area contributed by atoms with Crippen LogP contribution in [0.5, 0.6) is 0 Å². The average Bonchev–Trinajstić information content (AvgIpc) is 2.61. The second-order valence-corrected chi connectivity index (χ2v) is 5.76. The molecular formula is C20H25FN2O. The van der Waals surface area contributed by atoms with Crippen molar-refractivity contribution in [3.05, 3.63) is 71.5 Å². The number of nitrogens with one attached hydrogen (secondary N) is 1. The van der Waals surface area contributed by atoms with E-state index >= 15 is 0 Å². The zero-order valence-corrected chi connectivity index (χ0v) is 14.3. The number of carbonyl (C=O) groups is 1. The normalized spacial score (nSPS) is 12.2. The summed E-state index contributed by atoms with van der Waals surface area (Å²) >= 11 is 0. The van der Waals surface area contributed by atoms with Gasteiger partial charge in [0.05, 0.1) is 12.5 Å². The molecule has 0 unspecified atom stereocenters. The van der Waals surface area contributed by atoms with Crippen LogP contribution in [0.4, 0.5) is 4.39 Å². The molecule has 0 bridgehead atoms. The molecule has 4 heteroatoms. The van der Waals surface area contributed by atoms with Crippen LogP contribution in [-0.4, -0.2) is 30.4 Å². The molecule has 0 aliphatic carbocycles. The van der Waals surface area contributed by atoms with Gasteiger partial charge >= 0.3 is 0 Å². The van der Waals surface area contributed by atoms with Crippen molar-refractivity contribution < 1.29 is 9.18 Å². The fraction of sp³-hybridized carbons (Fsp3) is 0.350. The molecule has 2 aromatic rings. The van der Waals surface area contributed by atoms with Crippen molar-refractivity contribution in [3.8, 4) is 0 Å². The molecule has 0 fully saturated rings. The third-order valence-corrected chi connectivity index (χ3v) is 4.21. The highest BCUT2D eigenvalue weighted by molar-refractivity contribution is 5.78. The molecule has 3 nitrogen and oxygen atoms in total. The summed E-state index contributed by atoms with van der Waals surface area (Å²) in [5, 5.41) is 3.02. The van der Waals surface area contributed by atoms with E-state index in [0.29, 0.717) is 6.54 Å². The Morgan fingerprint density at radius 3 is 2.25 bits per heavy atom. The van der Waals surface area contributed by atoms with Gasteiger partial charge in [0.15, 0.2) is 0 Å². The molecule has 2 rings (SSSR count). The van der Waals surface area contributed by atoms with Gasteiger partial charge in [0, 0.05) is 6.54 Å². The van der Waals surface area contributed by atoms with Gasteiger partial charge in [-0.05, 0) is 36.3 Å². The Morgan fingerprint density at radius 1 is 1.04 bits per heavy atom. The summed E-state index contributed by atoms with van der Waals surface area (Å²) < 4.78 is 12.9. The standard InChI is InChI=1S/C20H25FN2O/c1-3-23(4-2)19(17-8-6-5-7-9-17)15-22-20(24)14-16-10-12-18(21)13-11-16/h5-13,19H,3-4,14-15H2,1-2H3,(H,22,24)/t19-/m0/s1. The molecule has 1 N–H and O–H groups in total. The van der Waals surface area contributed by atoms with E-state index in [1.807, 2.05) is 18.2 Å². The average molecular weight is 328 g/mol. The lowest BCUT2D eigenvalue weighted by Gasteiger charge is -2.30. The van der Waals surface area contributed by atoms with Gasteiger partial charge in [0.25, 0.3) is 0 Å². The number of nitrogens with zero attached hydrogens (tertiary/aromatic N) is 1. The van der Waals surface area contributed by atoms with Crippen LogP contribution < -0.4 is 5.32 Å². The van der Waals surface area contributed by atoms with Gasteiger partial charge in [-0.3, -0.25) is 9.69 Å². The third kappa shape index (κ3) is 5.17. The molecule has 0 saturated carbocycles. The van der Waals surface area contributed by atoms with Gasteiger partial charge in [0.1, 0.15) is 5.82 Å². The molecule has 0 aliphatic rings. The van der Waals surface area contributed by atoms with Crippen LogP contribution >= 0.6 is 0 Å². The van der Waals surface area contributed by atoms with Crippen molar-refractivity contribution in [1.82, 2.24) is 10.2 Å². The number of halogens is 1. The first-order chi connectivity index (χ1) is 11.6. The highest BCUT2D eigenvalue weighted by Crippen LogP contribution is 2.19. The monoisotopic (exact) mass is 328 g/mol. The maximum atomic E-state index is 12.9. The zero-order chi connectivity index (χ0) is 17.4. The maximum absolute atomic E-state index is 12.9. The highest BCUT2D eigenvalue weighted by atomic mass is 19.1. The minimum Gasteiger partial charge on any atom is -0.354 e. The minimum absolute atomic E-state index is 0.0466. The Kier molecular flexibility index (Phi) is 6.94. The molecule has 0 saturated heterocycles. The fourth-order valence-electron chi connectivity index (χ4n) is 2.86. The predicted molar refractivity (Wildman–Crippen MR) is 95.2 cm³/mol. The van der Waals surface area contributed by atoms with Gasteiger partial charge in [0.2, 0.25) is 5.91 Å². The summed E-state index contributed by atoms with van der Waals surface area (Å²) in [7, 11) is 0. The number of likely N-dealkylation sites (N-methyl/N-ethyl adjacent to an activating group) is 1. The van der Waals surface area contributed by atoms with Crippen molar-refractivity contribution in [2.75, 3.05) is 19.6 Å². The first-order valence-electron chi connectivity index (χ1n) is 8.44. The van der Waals surface area contributed by atoms with Gasteiger partial charge in [-0.25, -0.2) is 4.39 Å². The molecule has 0 spiro atoms. The van der Waals surface area contributed by atoms with E-state index in [1.165, 1.54) is 17.7 Å². The Morgan fingerprint density at radius 2 is 1.67 bits per heavy atom. The van der Waals surface area contributed by atoms with Crippen LogP contribution in [0.15, 0.2) is 54.6 Å². The molecule has 1 atom stereocenters. The summed E-state index contributed by atoms with van der Waals surface area (Å²) in [6, 6.07) is 16.4. The summed E-state index contributed by atoms with van der Waals surface area (Å²) in [4.78, 5) is 14.5. The fourth-order valence-corrected chi connectivity index (χ4v) is 2.86. The molecule has 2 aromatic carbocycles. The van der Waals surface area contributed by atoms with E-state index in [-0.39, 0.29) is 24.2 Å². The topological polar surface area (TPSA) is 32.3 Å². The van der Waals surface area contributed by atoms with Gasteiger partial charge in [-0.1, -0.05) is 56.3 Å². The van der Waals surface area contributed by atoms with E-state index in [2.05, 4.69) is 36.2 Å². The van der Waals surface area contributed by atoms with Crippen LogP contribution in [0.25, 0.3) is 0 Å². The molecule has 128 valence electrons. The molecule has 0 aromatic heterocycles. The maximum Gasteiger partial charge on any atom is 0.224 e. The number of hydrogen-bond acceptors (Lipinski definition) is 2. The number of rotatable bonds is 8. The van der Waals surface area contributed by atoms with E-state index in [1.54, 1.807) is 12.1 Å². The third-order valence-electron chi connectivity index (χ3n) is 4.21. The first kappa shape index (κ1) is 18.1. The number of hydrogen-bond donors (Lipinski definition) is 1. The Balaban J connectivity index is 1.99. The Labute approximate surface area is 143 Å². The lowest BCUT2D eigenvalue weighted by atomic mass is 10.0.